The van der Waals surface area contributed by atoms with Crippen LogP contribution in [-0.2, 0) is 0 Å². The Morgan fingerprint density at radius 3 is 2.65 bits per heavy atom. The lowest BCUT2D eigenvalue weighted by Crippen LogP contribution is -2.32. The van der Waals surface area contributed by atoms with Gasteiger partial charge < -0.3 is 0 Å². The topological polar surface area (TPSA) is 44.8 Å². The maximum Gasteiger partial charge on any atom is 0.101 e. The van der Waals surface area contributed by atoms with E-state index < -0.39 is 0 Å². The summed E-state index contributed by atoms with van der Waals surface area (Å²) in [4.78, 5) is 6.79. The second kappa shape index (κ2) is 6.54. The molecule has 1 N–H and O–H groups in total. The molecule has 1 atom stereocenters. The summed E-state index contributed by atoms with van der Waals surface area (Å²) in [5, 5.41) is 8.09. The average Bonchev–Trinajstić information content (AvgIpc) is 3.35. The third-order valence-corrected chi connectivity index (χ3v) is 5.58. The number of hydrogen-bond acceptors (Lipinski definition) is 3. The molecule has 130 valence electrons. The lowest BCUT2D eigenvalue weighted by Gasteiger charge is -2.28. The number of hydrogen-bond donors (Lipinski definition) is 1. The van der Waals surface area contributed by atoms with Crippen LogP contribution >= 0.6 is 0 Å². The van der Waals surface area contributed by atoms with Crippen LogP contribution in [0.25, 0.3) is 28.0 Å². The van der Waals surface area contributed by atoms with E-state index in [1.54, 1.807) is 0 Å². The molecular formula is C22H22N4. The maximum atomic E-state index is 4.72. The van der Waals surface area contributed by atoms with Crippen LogP contribution < -0.4 is 0 Å². The van der Waals surface area contributed by atoms with Crippen molar-refractivity contribution >= 4 is 5.57 Å². The zero-order valence-electron chi connectivity index (χ0n) is 14.7. The van der Waals surface area contributed by atoms with E-state index >= 15 is 0 Å². The Morgan fingerprint density at radius 2 is 1.81 bits per heavy atom. The average molecular weight is 342 g/mol. The van der Waals surface area contributed by atoms with E-state index in [0.717, 1.165) is 29.8 Å². The Hall–Kier alpha value is -2.72. The highest BCUT2D eigenvalue weighted by molar-refractivity contribution is 5.89. The lowest BCUT2D eigenvalue weighted by atomic mass is 9.92. The van der Waals surface area contributed by atoms with Gasteiger partial charge in [0.25, 0.3) is 0 Å². The molecule has 2 aliphatic rings. The molecule has 1 aromatic carbocycles. The van der Waals surface area contributed by atoms with Gasteiger partial charge in [0.05, 0.1) is 5.69 Å². The fourth-order valence-electron chi connectivity index (χ4n) is 4.29. The van der Waals surface area contributed by atoms with Crippen molar-refractivity contribution in [1.82, 2.24) is 20.1 Å². The molecule has 3 aromatic rings. The number of nitrogens with one attached hydrogen (secondary N) is 1. The highest BCUT2D eigenvalue weighted by atomic mass is 15.2. The number of fused-ring (bicyclic) bond motifs is 1. The molecule has 0 spiro atoms. The van der Waals surface area contributed by atoms with Crippen LogP contribution in [0.3, 0.4) is 0 Å². The number of aromatic nitrogens is 3. The van der Waals surface area contributed by atoms with E-state index in [-0.39, 0.29) is 0 Å². The zero-order chi connectivity index (χ0) is 17.3. The summed E-state index contributed by atoms with van der Waals surface area (Å²) in [5.74, 6) is 0. The molecule has 4 heteroatoms. The molecule has 1 saturated heterocycles. The Labute approximate surface area is 153 Å². The highest BCUT2D eigenvalue weighted by Gasteiger charge is 2.29. The second-order valence-corrected chi connectivity index (χ2v) is 7.11. The molecule has 1 fully saturated rings. The van der Waals surface area contributed by atoms with Gasteiger partial charge in [-0.1, -0.05) is 36.4 Å². The van der Waals surface area contributed by atoms with E-state index in [2.05, 4.69) is 57.5 Å². The Balaban J connectivity index is 1.66. The van der Waals surface area contributed by atoms with Gasteiger partial charge in [0.2, 0.25) is 0 Å². The smallest absolute Gasteiger partial charge is 0.101 e. The van der Waals surface area contributed by atoms with Crippen molar-refractivity contribution in [2.45, 2.75) is 25.3 Å². The minimum absolute atomic E-state index is 0.590. The van der Waals surface area contributed by atoms with Crippen LogP contribution in [0.2, 0.25) is 0 Å². The molecular weight excluding hydrogens is 320 g/mol. The molecule has 4 nitrogen and oxygen atoms in total. The largest absolute Gasteiger partial charge is 0.297 e. The van der Waals surface area contributed by atoms with Crippen LogP contribution in [0.1, 0.15) is 25.0 Å². The van der Waals surface area contributed by atoms with E-state index in [1.165, 1.54) is 36.2 Å². The van der Waals surface area contributed by atoms with Gasteiger partial charge in [0.1, 0.15) is 5.69 Å². The minimum Gasteiger partial charge on any atom is -0.297 e. The predicted molar refractivity (Wildman–Crippen MR) is 104 cm³/mol. The third-order valence-electron chi connectivity index (χ3n) is 5.58. The third kappa shape index (κ3) is 2.67. The first kappa shape index (κ1) is 15.5. The van der Waals surface area contributed by atoms with Crippen LogP contribution in [0.4, 0.5) is 0 Å². The fraction of sp³-hybridized carbons (Fsp3) is 0.273. The van der Waals surface area contributed by atoms with E-state index in [0.29, 0.717) is 6.04 Å². The van der Waals surface area contributed by atoms with Crippen molar-refractivity contribution in [2.24, 2.45) is 0 Å². The normalized spacial score (nSPS) is 20.0. The molecule has 0 bridgehead atoms. The molecule has 0 aliphatic carbocycles. The summed E-state index contributed by atoms with van der Waals surface area (Å²) in [5.41, 5.74) is 7.08. The molecule has 4 heterocycles. The van der Waals surface area contributed by atoms with Gasteiger partial charge in [-0.25, -0.2) is 0 Å². The molecule has 0 saturated carbocycles. The summed E-state index contributed by atoms with van der Waals surface area (Å²) in [7, 11) is 0. The quantitative estimate of drug-likeness (QED) is 0.768. The zero-order valence-corrected chi connectivity index (χ0v) is 14.7. The van der Waals surface area contributed by atoms with E-state index in [1.807, 2.05) is 18.5 Å². The Morgan fingerprint density at radius 1 is 0.962 bits per heavy atom. The summed E-state index contributed by atoms with van der Waals surface area (Å²) in [6.07, 6.45) is 9.83. The highest BCUT2D eigenvalue weighted by Crippen LogP contribution is 2.39. The molecule has 0 amide bonds. The molecule has 0 unspecified atom stereocenters. The summed E-state index contributed by atoms with van der Waals surface area (Å²) in [6.45, 7) is 2.38. The molecule has 0 radical (unpaired) electrons. The fourth-order valence-corrected chi connectivity index (χ4v) is 4.29. The van der Waals surface area contributed by atoms with E-state index in [4.69, 9.17) is 5.10 Å². The first-order valence-corrected chi connectivity index (χ1v) is 9.39. The van der Waals surface area contributed by atoms with Crippen molar-refractivity contribution in [3.63, 3.8) is 0 Å². The molecule has 5 rings (SSSR count). The molecule has 26 heavy (non-hydrogen) atoms. The van der Waals surface area contributed by atoms with Crippen molar-refractivity contribution in [2.75, 3.05) is 13.1 Å². The van der Waals surface area contributed by atoms with Crippen LogP contribution in [0, 0.1) is 0 Å². The maximum absolute atomic E-state index is 4.72. The van der Waals surface area contributed by atoms with Crippen molar-refractivity contribution in [3.8, 4) is 22.4 Å². The number of rotatable bonds is 3. The van der Waals surface area contributed by atoms with Crippen molar-refractivity contribution in [1.29, 1.82) is 0 Å². The van der Waals surface area contributed by atoms with Gasteiger partial charge in [-0.05, 0) is 49.1 Å². The van der Waals surface area contributed by atoms with Crippen molar-refractivity contribution < 1.29 is 0 Å². The van der Waals surface area contributed by atoms with Crippen LogP contribution in [0.5, 0.6) is 0 Å². The predicted octanol–water partition coefficient (Wildman–Crippen LogP) is 4.39. The van der Waals surface area contributed by atoms with Crippen molar-refractivity contribution in [3.05, 3.63) is 66.6 Å². The van der Waals surface area contributed by atoms with Gasteiger partial charge in [-0.3, -0.25) is 15.0 Å². The van der Waals surface area contributed by atoms with Gasteiger partial charge in [0, 0.05) is 36.1 Å². The standard InChI is InChI=1S/C22H22N4/c1-2-5-17(6-3-1)21-20(16-8-11-23-12-9-16)22(25-24-21)18-10-14-26-13-4-7-19(26)15-18/h1-3,5-6,8-9,11-12,15,19H,4,7,10,13-14H2,(H,24,25)/t19-/m0/s1. The van der Waals surface area contributed by atoms with Crippen LogP contribution in [-0.4, -0.2) is 39.2 Å². The van der Waals surface area contributed by atoms with Gasteiger partial charge in [0.15, 0.2) is 0 Å². The minimum atomic E-state index is 0.590. The number of pyridine rings is 1. The second-order valence-electron chi connectivity index (χ2n) is 7.11. The number of aromatic amines is 1. The first-order chi connectivity index (χ1) is 12.9. The van der Waals surface area contributed by atoms with Gasteiger partial charge in [-0.15, -0.1) is 0 Å². The summed E-state index contributed by atoms with van der Waals surface area (Å²) < 4.78 is 0. The number of nitrogens with zero attached hydrogens (tertiary/aromatic N) is 3. The summed E-state index contributed by atoms with van der Waals surface area (Å²) >= 11 is 0. The lowest BCUT2D eigenvalue weighted by molar-refractivity contribution is 0.287. The monoisotopic (exact) mass is 342 g/mol. The number of H-pyrrole nitrogens is 1. The van der Waals surface area contributed by atoms with Gasteiger partial charge >= 0.3 is 0 Å². The molecule has 2 aliphatic heterocycles. The molecule has 2 aromatic heterocycles. The Kier molecular flexibility index (Phi) is 3.91. The SMILES string of the molecule is C1=C(c2[nH]nc(-c3ccccc3)c2-c2ccncc2)CCN2CCC[C@@H]12. The van der Waals surface area contributed by atoms with E-state index in [9.17, 15) is 0 Å². The van der Waals surface area contributed by atoms with Crippen LogP contribution in [0.15, 0.2) is 60.9 Å². The number of benzene rings is 1. The van der Waals surface area contributed by atoms with Gasteiger partial charge in [-0.2, -0.15) is 5.10 Å². The summed E-state index contributed by atoms with van der Waals surface area (Å²) in [6, 6.07) is 15.2. The first-order valence-electron chi connectivity index (χ1n) is 9.39. The Bertz CT molecular complexity index is 927.